The predicted octanol–water partition coefficient (Wildman–Crippen LogP) is 2.12. The van der Waals surface area contributed by atoms with Gasteiger partial charge in [-0.2, -0.15) is 0 Å². The Morgan fingerprint density at radius 3 is 2.36 bits per heavy atom. The second-order valence-corrected chi connectivity index (χ2v) is 5.70. The first-order valence-electron chi connectivity index (χ1n) is 8.05. The van der Waals surface area contributed by atoms with Crippen LogP contribution in [-0.4, -0.2) is 47.7 Å². The van der Waals surface area contributed by atoms with Crippen LogP contribution in [0.25, 0.3) is 0 Å². The first kappa shape index (κ1) is 17.0. The van der Waals surface area contributed by atoms with Gasteiger partial charge in [-0.25, -0.2) is 4.79 Å². The number of aliphatic carboxylic acids is 1. The van der Waals surface area contributed by atoms with Gasteiger partial charge in [0.15, 0.2) is 6.10 Å². The Morgan fingerprint density at radius 2 is 1.72 bits per heavy atom. The highest BCUT2D eigenvalue weighted by atomic mass is 16.5. The molecule has 6 heteroatoms. The van der Waals surface area contributed by atoms with Gasteiger partial charge in [0.25, 0.3) is 5.91 Å². The Labute approximate surface area is 145 Å². The normalized spacial score (nSPS) is 18.4. The number of rotatable bonds is 5. The fourth-order valence-corrected chi connectivity index (χ4v) is 2.69. The lowest BCUT2D eigenvalue weighted by molar-refractivity contribution is -0.161. The summed E-state index contributed by atoms with van der Waals surface area (Å²) in [5, 5.41) is 9.13. The van der Waals surface area contributed by atoms with Crippen molar-refractivity contribution in [2.24, 2.45) is 0 Å². The Balaban J connectivity index is 1.83. The lowest BCUT2D eigenvalue weighted by atomic mass is 10.1. The highest BCUT2D eigenvalue weighted by Crippen LogP contribution is 2.24. The van der Waals surface area contributed by atoms with E-state index in [1.165, 1.54) is 4.90 Å². The zero-order chi connectivity index (χ0) is 17.6. The standard InChI is InChI=1S/C19H19NO5/c21-18(20-11-12-24-16(13-20)19(22)23)17(14-7-3-1-4-8-14)25-15-9-5-2-6-10-15/h1-10,16-17H,11-13H2,(H,22,23)/t16-,17-/m0/s1. The van der Waals surface area contributed by atoms with Crippen molar-refractivity contribution in [3.63, 3.8) is 0 Å². The molecule has 3 rings (SSSR count). The van der Waals surface area contributed by atoms with E-state index in [9.17, 15) is 9.59 Å². The number of hydrogen-bond acceptors (Lipinski definition) is 4. The third-order valence-corrected chi connectivity index (χ3v) is 3.98. The monoisotopic (exact) mass is 341 g/mol. The molecule has 1 N–H and O–H groups in total. The van der Waals surface area contributed by atoms with Gasteiger partial charge in [-0.1, -0.05) is 48.5 Å². The van der Waals surface area contributed by atoms with Crippen LogP contribution in [0.2, 0.25) is 0 Å². The fourth-order valence-electron chi connectivity index (χ4n) is 2.69. The molecule has 0 aliphatic carbocycles. The van der Waals surface area contributed by atoms with Crippen molar-refractivity contribution in [1.82, 2.24) is 4.90 Å². The summed E-state index contributed by atoms with van der Waals surface area (Å²) in [5.41, 5.74) is 0.717. The summed E-state index contributed by atoms with van der Waals surface area (Å²) in [6.07, 6.45) is -1.85. The van der Waals surface area contributed by atoms with Gasteiger partial charge in [0.1, 0.15) is 5.75 Å². The van der Waals surface area contributed by atoms with Crippen molar-refractivity contribution in [3.05, 3.63) is 66.2 Å². The molecule has 0 bridgehead atoms. The molecule has 1 aliphatic heterocycles. The van der Waals surface area contributed by atoms with Gasteiger partial charge in [0.05, 0.1) is 13.2 Å². The Morgan fingerprint density at radius 1 is 1.08 bits per heavy atom. The third kappa shape index (κ3) is 4.16. The summed E-state index contributed by atoms with van der Waals surface area (Å²) in [4.78, 5) is 25.7. The summed E-state index contributed by atoms with van der Waals surface area (Å²) in [6, 6.07) is 18.3. The summed E-state index contributed by atoms with van der Waals surface area (Å²) in [6.45, 7) is 0.537. The molecule has 0 unspecified atom stereocenters. The largest absolute Gasteiger partial charge is 0.479 e. The van der Waals surface area contributed by atoms with Crippen LogP contribution in [0.1, 0.15) is 11.7 Å². The van der Waals surface area contributed by atoms with E-state index < -0.39 is 18.2 Å². The van der Waals surface area contributed by atoms with Crippen LogP contribution in [-0.2, 0) is 14.3 Å². The third-order valence-electron chi connectivity index (χ3n) is 3.98. The minimum Gasteiger partial charge on any atom is -0.479 e. The molecule has 2 aromatic rings. The van der Waals surface area contributed by atoms with Gasteiger partial charge in [0.2, 0.25) is 6.10 Å². The Bertz CT molecular complexity index is 719. The number of para-hydroxylation sites is 1. The topological polar surface area (TPSA) is 76.1 Å². The second kappa shape index (κ2) is 7.81. The number of benzene rings is 2. The van der Waals surface area contributed by atoms with Crippen LogP contribution in [0.15, 0.2) is 60.7 Å². The molecule has 0 spiro atoms. The van der Waals surface area contributed by atoms with E-state index in [1.807, 2.05) is 48.5 Å². The second-order valence-electron chi connectivity index (χ2n) is 5.70. The highest BCUT2D eigenvalue weighted by molar-refractivity contribution is 5.84. The van der Waals surface area contributed by atoms with Crippen LogP contribution >= 0.6 is 0 Å². The zero-order valence-electron chi connectivity index (χ0n) is 13.6. The van der Waals surface area contributed by atoms with Crippen molar-refractivity contribution in [1.29, 1.82) is 0 Å². The summed E-state index contributed by atoms with van der Waals surface area (Å²) < 4.78 is 11.1. The van der Waals surface area contributed by atoms with Gasteiger partial charge in [0, 0.05) is 12.1 Å². The molecule has 1 saturated heterocycles. The number of carbonyl (C=O) groups excluding carboxylic acids is 1. The molecule has 1 aliphatic rings. The number of nitrogens with zero attached hydrogens (tertiary/aromatic N) is 1. The quantitative estimate of drug-likeness (QED) is 0.901. The number of carbonyl (C=O) groups is 2. The summed E-state index contributed by atoms with van der Waals surface area (Å²) in [7, 11) is 0. The number of carboxylic acids is 1. The van der Waals surface area contributed by atoms with Gasteiger partial charge >= 0.3 is 5.97 Å². The zero-order valence-corrected chi connectivity index (χ0v) is 13.6. The van der Waals surface area contributed by atoms with Gasteiger partial charge in [-0.3, -0.25) is 4.79 Å². The Kier molecular flexibility index (Phi) is 5.30. The number of amides is 1. The SMILES string of the molecule is O=C(O)[C@@H]1CN(C(=O)[C@@H](Oc2ccccc2)c2ccccc2)CCO1. The molecule has 1 amide bonds. The molecule has 6 nitrogen and oxygen atoms in total. The summed E-state index contributed by atoms with van der Waals surface area (Å²) in [5.74, 6) is -0.768. The fraction of sp³-hybridized carbons (Fsp3) is 0.263. The lowest BCUT2D eigenvalue weighted by Gasteiger charge is -2.33. The molecule has 2 atom stereocenters. The molecule has 0 aromatic heterocycles. The first-order valence-corrected chi connectivity index (χ1v) is 8.05. The van der Waals surface area contributed by atoms with E-state index >= 15 is 0 Å². The van der Waals surface area contributed by atoms with E-state index in [0.29, 0.717) is 12.3 Å². The Hall–Kier alpha value is -2.86. The molecular formula is C19H19NO5. The van der Waals surface area contributed by atoms with Crippen LogP contribution in [0.5, 0.6) is 5.75 Å². The number of carboxylic acid groups (broad SMARTS) is 1. The van der Waals surface area contributed by atoms with Crippen molar-refractivity contribution in [3.8, 4) is 5.75 Å². The van der Waals surface area contributed by atoms with Crippen molar-refractivity contribution in [2.45, 2.75) is 12.2 Å². The van der Waals surface area contributed by atoms with E-state index in [2.05, 4.69) is 0 Å². The van der Waals surface area contributed by atoms with Crippen LogP contribution in [0.3, 0.4) is 0 Å². The number of ether oxygens (including phenoxy) is 2. The van der Waals surface area contributed by atoms with Crippen LogP contribution < -0.4 is 4.74 Å². The average molecular weight is 341 g/mol. The smallest absolute Gasteiger partial charge is 0.334 e. The van der Waals surface area contributed by atoms with E-state index in [0.717, 1.165) is 5.56 Å². The van der Waals surface area contributed by atoms with Crippen LogP contribution in [0.4, 0.5) is 0 Å². The number of morpholine rings is 1. The van der Waals surface area contributed by atoms with Gasteiger partial charge in [-0.05, 0) is 12.1 Å². The van der Waals surface area contributed by atoms with Gasteiger partial charge in [-0.15, -0.1) is 0 Å². The molecule has 2 aromatic carbocycles. The molecular weight excluding hydrogens is 322 g/mol. The maximum atomic E-state index is 13.0. The van der Waals surface area contributed by atoms with Crippen molar-refractivity contribution >= 4 is 11.9 Å². The van der Waals surface area contributed by atoms with Crippen LogP contribution in [0, 0.1) is 0 Å². The summed E-state index contributed by atoms with van der Waals surface area (Å²) >= 11 is 0. The predicted molar refractivity (Wildman–Crippen MR) is 90.2 cm³/mol. The first-order chi connectivity index (χ1) is 12.1. The lowest BCUT2D eigenvalue weighted by Crippen LogP contribution is -2.50. The average Bonchev–Trinajstić information content (AvgIpc) is 2.67. The molecule has 1 heterocycles. The number of hydrogen-bond donors (Lipinski definition) is 1. The molecule has 25 heavy (non-hydrogen) atoms. The van der Waals surface area contributed by atoms with Gasteiger partial charge < -0.3 is 19.5 Å². The molecule has 1 fully saturated rings. The molecule has 0 radical (unpaired) electrons. The minimum absolute atomic E-state index is 0.00957. The van der Waals surface area contributed by atoms with E-state index in [-0.39, 0.29) is 19.1 Å². The minimum atomic E-state index is -1.07. The maximum absolute atomic E-state index is 13.0. The van der Waals surface area contributed by atoms with Crippen molar-refractivity contribution < 1.29 is 24.2 Å². The molecule has 130 valence electrons. The van der Waals surface area contributed by atoms with E-state index in [1.54, 1.807) is 12.1 Å². The van der Waals surface area contributed by atoms with Crippen molar-refractivity contribution in [2.75, 3.05) is 19.7 Å². The van der Waals surface area contributed by atoms with E-state index in [4.69, 9.17) is 14.6 Å². The highest BCUT2D eigenvalue weighted by Gasteiger charge is 2.34. The maximum Gasteiger partial charge on any atom is 0.334 e. The molecule has 0 saturated carbocycles.